The minimum absolute atomic E-state index is 0.216. The zero-order valence-electron chi connectivity index (χ0n) is 19.8. The Labute approximate surface area is 203 Å². The fourth-order valence-corrected chi connectivity index (χ4v) is 5.08. The minimum atomic E-state index is -4.13. The van der Waals surface area contributed by atoms with E-state index in [-0.39, 0.29) is 19.0 Å². The Bertz CT molecular complexity index is 947. The molecule has 2 aliphatic heterocycles. The van der Waals surface area contributed by atoms with E-state index in [0.29, 0.717) is 6.42 Å². The van der Waals surface area contributed by atoms with Crippen LogP contribution in [0.3, 0.4) is 0 Å². The Morgan fingerprint density at radius 2 is 2.03 bits per heavy atom. The van der Waals surface area contributed by atoms with Gasteiger partial charge in [-0.25, -0.2) is 4.57 Å². The van der Waals surface area contributed by atoms with Gasteiger partial charge in [-0.15, -0.1) is 0 Å². The molecule has 1 fully saturated rings. The quantitative estimate of drug-likeness (QED) is 0.248. The van der Waals surface area contributed by atoms with Crippen LogP contribution in [0.2, 0.25) is 0 Å². The highest BCUT2D eigenvalue weighted by atomic mass is 31.2. The molecule has 2 unspecified atom stereocenters. The molecule has 7 atom stereocenters. The SMILES string of the molecule is CCCOC(=O)[C@H](C)N[P@](=O)(OCC1O[C@@H](N2C=CC(=O)NC2O)[C@@H](C)[C@@H]1O)Oc1ccccc1. The number of ether oxygens (including phenoxy) is 2. The summed E-state index contributed by atoms with van der Waals surface area (Å²) in [6, 6.07) is 7.28. The fourth-order valence-electron chi connectivity index (χ4n) is 3.58. The first-order valence-electron chi connectivity index (χ1n) is 11.3. The van der Waals surface area contributed by atoms with Gasteiger partial charge in [-0.2, -0.15) is 5.09 Å². The highest BCUT2D eigenvalue weighted by Gasteiger charge is 2.46. The number of rotatable bonds is 11. The van der Waals surface area contributed by atoms with Crippen LogP contribution in [0.25, 0.3) is 0 Å². The van der Waals surface area contributed by atoms with Crippen molar-refractivity contribution in [1.82, 2.24) is 15.3 Å². The van der Waals surface area contributed by atoms with Crippen molar-refractivity contribution >= 4 is 19.6 Å². The first-order valence-corrected chi connectivity index (χ1v) is 12.9. The van der Waals surface area contributed by atoms with Gasteiger partial charge in [-0.05, 0) is 25.5 Å². The van der Waals surface area contributed by atoms with Crippen LogP contribution in [-0.2, 0) is 28.2 Å². The van der Waals surface area contributed by atoms with Gasteiger partial charge < -0.3 is 34.4 Å². The molecule has 194 valence electrons. The molecule has 4 N–H and O–H groups in total. The summed E-state index contributed by atoms with van der Waals surface area (Å²) in [6.07, 6.45) is -0.889. The molecule has 1 saturated heterocycles. The average molecular weight is 513 g/mol. The van der Waals surface area contributed by atoms with Crippen molar-refractivity contribution in [3.63, 3.8) is 0 Å². The molecule has 1 aromatic rings. The van der Waals surface area contributed by atoms with Gasteiger partial charge in [0.25, 0.3) is 0 Å². The fraction of sp³-hybridized carbons (Fsp3) is 0.545. The molecule has 0 bridgehead atoms. The van der Waals surface area contributed by atoms with Crippen LogP contribution in [0, 0.1) is 5.92 Å². The van der Waals surface area contributed by atoms with Crippen LogP contribution in [-0.4, -0.2) is 71.0 Å². The van der Waals surface area contributed by atoms with Crippen LogP contribution >= 0.6 is 7.75 Å². The highest BCUT2D eigenvalue weighted by molar-refractivity contribution is 7.52. The van der Waals surface area contributed by atoms with E-state index in [2.05, 4.69) is 10.4 Å². The number of carbonyl (C=O) groups is 2. The second-order valence-electron chi connectivity index (χ2n) is 8.28. The topological polar surface area (TPSA) is 156 Å². The molecule has 0 aliphatic carbocycles. The maximum Gasteiger partial charge on any atom is 0.459 e. The molecule has 0 spiro atoms. The van der Waals surface area contributed by atoms with E-state index in [1.54, 1.807) is 37.3 Å². The molecule has 12 nitrogen and oxygen atoms in total. The third-order valence-corrected chi connectivity index (χ3v) is 7.10. The van der Waals surface area contributed by atoms with Gasteiger partial charge in [0.15, 0.2) is 0 Å². The Morgan fingerprint density at radius 3 is 2.69 bits per heavy atom. The lowest BCUT2D eigenvalue weighted by Gasteiger charge is -2.35. The molecule has 0 radical (unpaired) electrons. The third-order valence-electron chi connectivity index (χ3n) is 5.46. The smallest absolute Gasteiger partial charge is 0.459 e. The number of hydrogen-bond donors (Lipinski definition) is 4. The van der Waals surface area contributed by atoms with E-state index in [1.807, 2.05) is 6.92 Å². The Kier molecular flexibility index (Phi) is 9.28. The van der Waals surface area contributed by atoms with Gasteiger partial charge in [-0.3, -0.25) is 14.1 Å². The van der Waals surface area contributed by atoms with Crippen molar-refractivity contribution < 1.29 is 42.9 Å². The number of carbonyl (C=O) groups excluding carboxylic acids is 2. The summed E-state index contributed by atoms with van der Waals surface area (Å²) >= 11 is 0. The third kappa shape index (κ3) is 7.03. The van der Waals surface area contributed by atoms with E-state index in [9.17, 15) is 24.4 Å². The van der Waals surface area contributed by atoms with Crippen molar-refractivity contribution in [3.05, 3.63) is 42.6 Å². The number of aliphatic hydroxyl groups excluding tert-OH is 2. The van der Waals surface area contributed by atoms with Gasteiger partial charge in [0.2, 0.25) is 12.3 Å². The highest BCUT2D eigenvalue weighted by Crippen LogP contribution is 2.46. The van der Waals surface area contributed by atoms with Crippen LogP contribution in [0.5, 0.6) is 5.75 Å². The first kappa shape index (κ1) is 27.1. The van der Waals surface area contributed by atoms with Crippen molar-refractivity contribution in [2.45, 2.75) is 58.0 Å². The molecule has 3 rings (SSSR count). The number of amides is 1. The van der Waals surface area contributed by atoms with Crippen LogP contribution in [0.15, 0.2) is 42.6 Å². The summed E-state index contributed by atoms with van der Waals surface area (Å²) in [5.74, 6) is -1.33. The Balaban J connectivity index is 1.70. The summed E-state index contributed by atoms with van der Waals surface area (Å²) in [4.78, 5) is 25.0. The Morgan fingerprint density at radius 1 is 1.31 bits per heavy atom. The number of aliphatic hydroxyl groups is 2. The normalized spacial score (nSPS) is 28.8. The largest absolute Gasteiger partial charge is 0.465 e. The molecule has 2 aliphatic rings. The van der Waals surface area contributed by atoms with Crippen LogP contribution < -0.4 is 14.9 Å². The second kappa shape index (κ2) is 12.0. The standard InChI is InChI=1S/C22H32N3O9P/c1-4-12-31-21(28)15(3)24-35(30,34-16-8-6-5-7-9-16)32-13-17-19(27)14(2)20(33-17)25-11-10-18(26)23-22(25)29/h5-11,14-15,17,19-20,22,27,29H,4,12-13H2,1-3H3,(H,23,26)(H,24,30)/t14-,15-,17?,19-,20+,22?,35-/m0/s1. The summed E-state index contributed by atoms with van der Waals surface area (Å²) in [5, 5.41) is 25.8. The van der Waals surface area contributed by atoms with Gasteiger partial charge in [-0.1, -0.05) is 32.0 Å². The zero-order valence-corrected chi connectivity index (χ0v) is 20.7. The van der Waals surface area contributed by atoms with Crippen molar-refractivity contribution in [3.8, 4) is 5.75 Å². The molecule has 0 saturated carbocycles. The summed E-state index contributed by atoms with van der Waals surface area (Å²) in [7, 11) is -4.13. The van der Waals surface area contributed by atoms with Crippen molar-refractivity contribution in [2.24, 2.45) is 5.92 Å². The number of esters is 1. The lowest BCUT2D eigenvalue weighted by atomic mass is 10.0. The van der Waals surface area contributed by atoms with E-state index in [1.165, 1.54) is 24.1 Å². The summed E-state index contributed by atoms with van der Waals surface area (Å²) in [6.45, 7) is 4.89. The second-order valence-corrected chi connectivity index (χ2v) is 9.97. The summed E-state index contributed by atoms with van der Waals surface area (Å²) in [5.41, 5.74) is 0. The number of para-hydroxylation sites is 1. The zero-order chi connectivity index (χ0) is 25.6. The number of nitrogens with zero attached hydrogens (tertiary/aromatic N) is 1. The number of hydrogen-bond acceptors (Lipinski definition) is 10. The molecule has 13 heteroatoms. The lowest BCUT2D eigenvalue weighted by molar-refractivity contribution is -0.145. The lowest BCUT2D eigenvalue weighted by Crippen LogP contribution is -2.53. The van der Waals surface area contributed by atoms with Gasteiger partial charge in [0.1, 0.15) is 24.1 Å². The first-order chi connectivity index (χ1) is 16.6. The molecular weight excluding hydrogens is 481 g/mol. The molecule has 2 heterocycles. The minimum Gasteiger partial charge on any atom is -0.465 e. The number of nitrogens with one attached hydrogen (secondary N) is 2. The van der Waals surface area contributed by atoms with E-state index in [0.717, 1.165) is 0 Å². The van der Waals surface area contributed by atoms with E-state index < -0.39 is 56.4 Å². The summed E-state index contributed by atoms with van der Waals surface area (Å²) < 4.78 is 35.7. The molecular formula is C22H32N3O9P. The maximum absolute atomic E-state index is 13.6. The van der Waals surface area contributed by atoms with E-state index in [4.69, 9.17) is 18.5 Å². The van der Waals surface area contributed by atoms with Crippen molar-refractivity contribution in [2.75, 3.05) is 13.2 Å². The Hall–Kier alpha value is -2.47. The van der Waals surface area contributed by atoms with Crippen molar-refractivity contribution in [1.29, 1.82) is 0 Å². The monoisotopic (exact) mass is 513 g/mol. The predicted molar refractivity (Wildman–Crippen MR) is 123 cm³/mol. The van der Waals surface area contributed by atoms with E-state index >= 15 is 0 Å². The molecule has 0 aromatic heterocycles. The van der Waals surface area contributed by atoms with Crippen LogP contribution in [0.4, 0.5) is 0 Å². The predicted octanol–water partition coefficient (Wildman–Crippen LogP) is 1.06. The van der Waals surface area contributed by atoms with Crippen LogP contribution in [0.1, 0.15) is 27.2 Å². The average Bonchev–Trinajstić information content (AvgIpc) is 3.10. The molecule has 1 aromatic carbocycles. The van der Waals surface area contributed by atoms with Gasteiger partial charge in [0.05, 0.1) is 19.3 Å². The van der Waals surface area contributed by atoms with Gasteiger partial charge >= 0.3 is 13.7 Å². The molecule has 35 heavy (non-hydrogen) atoms. The number of benzene rings is 1. The van der Waals surface area contributed by atoms with Gasteiger partial charge in [0, 0.05) is 18.2 Å². The molecule has 1 amide bonds. The maximum atomic E-state index is 13.6.